The number of nitriles is 1. The van der Waals surface area contributed by atoms with E-state index in [2.05, 4.69) is 73.8 Å². The van der Waals surface area contributed by atoms with Crippen LogP contribution in [-0.4, -0.2) is 29.9 Å². The predicted molar refractivity (Wildman–Crippen MR) is 227 cm³/mol. The van der Waals surface area contributed by atoms with Gasteiger partial charge in [-0.25, -0.2) is 29.9 Å². The third kappa shape index (κ3) is 7.47. The van der Waals surface area contributed by atoms with Gasteiger partial charge < -0.3 is 16.8 Å². The molecule has 10 nitrogen and oxygen atoms in total. The highest BCUT2D eigenvalue weighted by Gasteiger charge is 2.20. The van der Waals surface area contributed by atoms with Crippen LogP contribution in [-0.2, 0) is 13.1 Å². The van der Waals surface area contributed by atoms with Crippen LogP contribution in [0.2, 0.25) is 0 Å². The first-order chi connectivity index (χ1) is 28.1. The number of aromatic nitrogens is 6. The minimum atomic E-state index is 0.141. The zero-order chi connectivity index (χ0) is 39.0. The Morgan fingerprint density at radius 3 is 1.46 bits per heavy atom. The molecule has 0 spiro atoms. The van der Waals surface area contributed by atoms with Gasteiger partial charge in [-0.3, -0.25) is 0 Å². The van der Waals surface area contributed by atoms with Crippen LogP contribution in [0.4, 0.5) is 11.6 Å². The van der Waals surface area contributed by atoms with Crippen LogP contribution >= 0.6 is 0 Å². The van der Waals surface area contributed by atoms with E-state index in [0.29, 0.717) is 24.6 Å². The Morgan fingerprint density at radius 1 is 0.526 bits per heavy atom. The number of nitrogens with two attached hydrogens (primary N) is 2. The quantitative estimate of drug-likeness (QED) is 0.137. The van der Waals surface area contributed by atoms with E-state index in [-0.39, 0.29) is 11.4 Å². The molecule has 0 saturated heterocycles. The van der Waals surface area contributed by atoms with Crippen LogP contribution in [0.15, 0.2) is 164 Å². The van der Waals surface area contributed by atoms with Gasteiger partial charge in [-0.2, -0.15) is 5.26 Å². The van der Waals surface area contributed by atoms with Crippen molar-refractivity contribution in [2.45, 2.75) is 13.1 Å². The molecule has 5 aromatic heterocycles. The second-order valence-electron chi connectivity index (χ2n) is 13.0. The van der Waals surface area contributed by atoms with Gasteiger partial charge in [0.15, 0.2) is 11.3 Å². The molecule has 274 valence electrons. The number of hydrogen-bond acceptors (Lipinski definition) is 10. The first kappa shape index (κ1) is 36.1. The lowest BCUT2D eigenvalue weighted by Gasteiger charge is -2.18. The summed E-state index contributed by atoms with van der Waals surface area (Å²) in [6, 6.07) is 50.7. The average molecular weight is 741 g/mol. The van der Waals surface area contributed by atoms with Crippen LogP contribution in [0.3, 0.4) is 0 Å². The Morgan fingerprint density at radius 2 is 0.982 bits per heavy atom. The maximum absolute atomic E-state index is 9.53. The van der Waals surface area contributed by atoms with Crippen molar-refractivity contribution in [3.05, 3.63) is 181 Å². The topological polar surface area (TPSA) is 165 Å². The molecule has 0 radical (unpaired) electrons. The average Bonchev–Trinajstić information content (AvgIpc) is 3.28. The zero-order valence-electron chi connectivity index (χ0n) is 30.8. The highest BCUT2D eigenvalue weighted by Crippen LogP contribution is 2.38. The van der Waals surface area contributed by atoms with Crippen molar-refractivity contribution in [3.8, 4) is 50.8 Å². The van der Waals surface area contributed by atoms with Crippen LogP contribution in [0.5, 0.6) is 0 Å². The summed E-state index contributed by atoms with van der Waals surface area (Å²) < 4.78 is 0. The highest BCUT2D eigenvalue weighted by molar-refractivity contribution is 5.99. The Hall–Kier alpha value is -7.87. The number of rotatable bonds is 8. The summed E-state index contributed by atoms with van der Waals surface area (Å²) in [5, 5.41) is 14.8. The van der Waals surface area contributed by atoms with Gasteiger partial charge in [0.2, 0.25) is 0 Å². The van der Waals surface area contributed by atoms with E-state index in [1.54, 1.807) is 12.4 Å². The third-order valence-corrected chi connectivity index (χ3v) is 9.57. The standard InChI is InChI=1S/C26H19N7.C21H17N3/c27-14-20-24(28)31-16-32-25(20)30-15-21-22(17-8-3-1-4-9-17)19-12-7-13-29-26(19)33-23(21)18-10-5-2-6-11-18;22-14-18-19(15-8-3-1-4-9-15)17-12-7-13-23-21(17)24-20(18)16-10-5-2-6-11-16/h1-13,16H,15H2,(H3,28,30,31,32);1-13H,14,22H2. The number of nitrogens with zero attached hydrogens (tertiary/aromatic N) is 7. The van der Waals surface area contributed by atoms with Gasteiger partial charge in [0, 0.05) is 58.5 Å². The fourth-order valence-corrected chi connectivity index (χ4v) is 7.00. The number of nitrogens with one attached hydrogen (secondary N) is 1. The molecule has 0 aliphatic carbocycles. The van der Waals surface area contributed by atoms with E-state index in [1.807, 2.05) is 103 Å². The summed E-state index contributed by atoms with van der Waals surface area (Å²) >= 11 is 0. The van der Waals surface area contributed by atoms with Crippen molar-refractivity contribution in [2.24, 2.45) is 5.73 Å². The largest absolute Gasteiger partial charge is 0.382 e. The SMILES string of the molecule is N#Cc1c(N)ncnc1NCc1c(-c2ccccc2)nc2ncccc2c1-c1ccccc1.NCc1c(-c2ccccc2)nc2ncccc2c1-c1ccccc1. The molecule has 0 aliphatic rings. The minimum absolute atomic E-state index is 0.141. The second kappa shape index (κ2) is 16.7. The van der Waals surface area contributed by atoms with Gasteiger partial charge in [-0.05, 0) is 46.5 Å². The van der Waals surface area contributed by atoms with E-state index >= 15 is 0 Å². The van der Waals surface area contributed by atoms with E-state index in [1.165, 1.54) is 6.33 Å². The molecule has 0 amide bonds. The Balaban J connectivity index is 0.000000168. The lowest BCUT2D eigenvalue weighted by Crippen LogP contribution is -2.10. The van der Waals surface area contributed by atoms with Crippen LogP contribution in [0, 0.1) is 11.3 Å². The molecule has 0 aliphatic heterocycles. The molecule has 0 bridgehead atoms. The Bertz CT molecular complexity index is 2850. The number of hydrogen-bond donors (Lipinski definition) is 3. The predicted octanol–water partition coefficient (Wildman–Crippen LogP) is 9.24. The normalized spacial score (nSPS) is 10.7. The van der Waals surface area contributed by atoms with E-state index in [4.69, 9.17) is 21.4 Å². The number of pyridine rings is 4. The molecular formula is C47H36N10. The van der Waals surface area contributed by atoms with Crippen molar-refractivity contribution in [3.63, 3.8) is 0 Å². The Labute approximate surface area is 329 Å². The number of nitrogen functional groups attached to an aromatic ring is 1. The van der Waals surface area contributed by atoms with Gasteiger partial charge in [0.1, 0.15) is 29.6 Å². The van der Waals surface area contributed by atoms with Crippen molar-refractivity contribution in [1.82, 2.24) is 29.9 Å². The zero-order valence-corrected chi connectivity index (χ0v) is 30.8. The summed E-state index contributed by atoms with van der Waals surface area (Å²) in [5.74, 6) is 0.525. The van der Waals surface area contributed by atoms with E-state index in [9.17, 15) is 5.26 Å². The molecule has 9 rings (SSSR count). The number of anilines is 2. The highest BCUT2D eigenvalue weighted by atomic mass is 15.0. The maximum Gasteiger partial charge on any atom is 0.160 e. The van der Waals surface area contributed by atoms with Crippen LogP contribution < -0.4 is 16.8 Å². The maximum atomic E-state index is 9.53. The van der Waals surface area contributed by atoms with Crippen LogP contribution in [0.25, 0.3) is 66.8 Å². The summed E-state index contributed by atoms with van der Waals surface area (Å²) in [4.78, 5) is 26.9. The fraction of sp³-hybridized carbons (Fsp3) is 0.0426. The van der Waals surface area contributed by atoms with E-state index < -0.39 is 0 Å². The van der Waals surface area contributed by atoms with Gasteiger partial charge in [-0.15, -0.1) is 0 Å². The lowest BCUT2D eigenvalue weighted by atomic mass is 9.93. The van der Waals surface area contributed by atoms with Crippen molar-refractivity contribution in [2.75, 3.05) is 11.1 Å². The van der Waals surface area contributed by atoms with Crippen molar-refractivity contribution >= 4 is 33.7 Å². The summed E-state index contributed by atoms with van der Waals surface area (Å²) in [5.41, 5.74) is 23.8. The number of benzene rings is 4. The summed E-state index contributed by atoms with van der Waals surface area (Å²) in [6.07, 6.45) is 4.87. The first-order valence-electron chi connectivity index (χ1n) is 18.4. The molecule has 5 heterocycles. The monoisotopic (exact) mass is 740 g/mol. The lowest BCUT2D eigenvalue weighted by molar-refractivity contribution is 1.06. The molecule has 0 saturated carbocycles. The second-order valence-corrected chi connectivity index (χ2v) is 13.0. The smallest absolute Gasteiger partial charge is 0.160 e. The summed E-state index contributed by atoms with van der Waals surface area (Å²) in [7, 11) is 0. The first-order valence-corrected chi connectivity index (χ1v) is 18.4. The molecule has 5 N–H and O–H groups in total. The van der Waals surface area contributed by atoms with Gasteiger partial charge >= 0.3 is 0 Å². The minimum Gasteiger partial charge on any atom is -0.382 e. The van der Waals surface area contributed by atoms with Crippen molar-refractivity contribution in [1.29, 1.82) is 5.26 Å². The van der Waals surface area contributed by atoms with Gasteiger partial charge in [0.05, 0.1) is 11.4 Å². The molecule has 9 aromatic rings. The molecule has 0 fully saturated rings. The summed E-state index contributed by atoms with van der Waals surface area (Å²) in [6.45, 7) is 0.795. The van der Waals surface area contributed by atoms with E-state index in [0.717, 1.165) is 72.3 Å². The fourth-order valence-electron chi connectivity index (χ4n) is 7.00. The molecular weight excluding hydrogens is 705 g/mol. The molecule has 0 atom stereocenters. The molecule has 10 heteroatoms. The van der Waals surface area contributed by atoms with Crippen molar-refractivity contribution < 1.29 is 0 Å². The third-order valence-electron chi connectivity index (χ3n) is 9.57. The molecule has 4 aromatic carbocycles. The molecule has 0 unspecified atom stereocenters. The Kier molecular flexibility index (Phi) is 10.6. The van der Waals surface area contributed by atoms with Gasteiger partial charge in [-0.1, -0.05) is 121 Å². The number of fused-ring (bicyclic) bond motifs is 2. The van der Waals surface area contributed by atoms with Gasteiger partial charge in [0.25, 0.3) is 0 Å². The van der Waals surface area contributed by atoms with Crippen LogP contribution in [0.1, 0.15) is 16.7 Å². The molecule has 57 heavy (non-hydrogen) atoms.